The van der Waals surface area contributed by atoms with Crippen LogP contribution in [-0.4, -0.2) is 57.7 Å². The second kappa shape index (κ2) is 6.51. The van der Waals surface area contributed by atoms with Crippen LogP contribution in [-0.2, 0) is 0 Å². The maximum Gasteiger partial charge on any atom is 0.228 e. The molecule has 0 spiro atoms. The van der Waals surface area contributed by atoms with Crippen molar-refractivity contribution in [2.45, 2.75) is 6.17 Å². The van der Waals surface area contributed by atoms with Gasteiger partial charge in [0.2, 0.25) is 5.95 Å². The maximum atomic E-state index is 6.22. The first kappa shape index (κ1) is 16.1. The van der Waals surface area contributed by atoms with Gasteiger partial charge in [0.25, 0.3) is 0 Å². The van der Waals surface area contributed by atoms with Gasteiger partial charge in [0.1, 0.15) is 5.52 Å². The fraction of sp³-hybridized carbons (Fsp3) is 0.294. The van der Waals surface area contributed by atoms with E-state index in [0.29, 0.717) is 22.1 Å². The Kier molecular flexibility index (Phi) is 4.20. The van der Waals surface area contributed by atoms with Gasteiger partial charge in [-0.15, -0.1) is 0 Å². The lowest BCUT2D eigenvalue weighted by Gasteiger charge is -2.37. The molecule has 8 heteroatoms. The fourth-order valence-corrected chi connectivity index (χ4v) is 3.04. The largest absolute Gasteiger partial charge is 0.323 e. The van der Waals surface area contributed by atoms with Gasteiger partial charge in [-0.3, -0.25) is 0 Å². The molecular weight excluding hydrogens is 338 g/mol. The highest BCUT2D eigenvalue weighted by atomic mass is 35.5. The smallest absolute Gasteiger partial charge is 0.228 e. The van der Waals surface area contributed by atoms with E-state index >= 15 is 0 Å². The molecule has 1 unspecified atom stereocenters. The average Bonchev–Trinajstić information content (AvgIpc) is 2.61. The molecule has 2 N–H and O–H groups in total. The van der Waals surface area contributed by atoms with Gasteiger partial charge in [-0.1, -0.05) is 23.7 Å². The van der Waals surface area contributed by atoms with Gasteiger partial charge in [0, 0.05) is 30.2 Å². The lowest BCUT2D eigenvalue weighted by molar-refractivity contribution is 0.268. The lowest BCUT2D eigenvalue weighted by atomic mass is 10.2. The minimum atomic E-state index is -0.127. The fourth-order valence-electron chi connectivity index (χ4n) is 2.91. The van der Waals surface area contributed by atoms with Gasteiger partial charge in [0.05, 0.1) is 24.3 Å². The molecular formula is C17H18ClN7. The Hall–Kier alpha value is -2.35. The molecule has 3 heterocycles. The maximum absolute atomic E-state index is 6.22. The molecule has 2 aromatic heterocycles. The van der Waals surface area contributed by atoms with Crippen molar-refractivity contribution >= 4 is 28.7 Å². The molecule has 1 aliphatic rings. The highest BCUT2D eigenvalue weighted by Crippen LogP contribution is 2.21. The zero-order valence-electron chi connectivity index (χ0n) is 13.8. The van der Waals surface area contributed by atoms with E-state index in [9.17, 15) is 0 Å². The Morgan fingerprint density at radius 3 is 2.64 bits per heavy atom. The Bertz CT molecular complexity index is 899. The summed E-state index contributed by atoms with van der Waals surface area (Å²) in [6.07, 6.45) is 3.29. The van der Waals surface area contributed by atoms with E-state index in [2.05, 4.69) is 31.9 Å². The summed E-state index contributed by atoms with van der Waals surface area (Å²) < 4.78 is 0. The molecule has 0 saturated carbocycles. The quantitative estimate of drug-likeness (QED) is 0.750. The van der Waals surface area contributed by atoms with Crippen LogP contribution in [0.5, 0.6) is 0 Å². The van der Waals surface area contributed by atoms with Crippen molar-refractivity contribution in [3.8, 4) is 11.3 Å². The summed E-state index contributed by atoms with van der Waals surface area (Å²) in [7, 11) is 2.06. The first-order valence-corrected chi connectivity index (χ1v) is 8.44. The monoisotopic (exact) mass is 355 g/mol. The number of hydrogen-bond acceptors (Lipinski definition) is 7. The second-order valence-corrected chi connectivity index (χ2v) is 6.60. The Labute approximate surface area is 150 Å². The van der Waals surface area contributed by atoms with Crippen molar-refractivity contribution in [1.82, 2.24) is 24.8 Å². The molecule has 7 nitrogen and oxygen atoms in total. The second-order valence-electron chi connectivity index (χ2n) is 6.16. The first-order chi connectivity index (χ1) is 12.1. The van der Waals surface area contributed by atoms with Crippen molar-refractivity contribution in [3.63, 3.8) is 0 Å². The minimum absolute atomic E-state index is 0.127. The SMILES string of the molecule is CN1CCN(c2ncc3nc(-c4ccc(Cl)cc4)cnc3n2)C(N)C1. The summed E-state index contributed by atoms with van der Waals surface area (Å²) in [5.41, 5.74) is 9.14. The zero-order valence-corrected chi connectivity index (χ0v) is 14.6. The van der Waals surface area contributed by atoms with Crippen molar-refractivity contribution in [2.24, 2.45) is 5.73 Å². The van der Waals surface area contributed by atoms with Crippen LogP contribution in [0.2, 0.25) is 5.02 Å². The van der Waals surface area contributed by atoms with Crippen molar-refractivity contribution in [3.05, 3.63) is 41.7 Å². The standard InChI is InChI=1S/C17H18ClN7/c1-24-6-7-25(15(19)10-24)17-21-9-14-16(23-17)20-8-13(22-14)11-2-4-12(18)5-3-11/h2-5,8-9,15H,6-7,10,19H2,1H3. The van der Waals surface area contributed by atoms with E-state index in [1.165, 1.54) is 0 Å². The summed E-state index contributed by atoms with van der Waals surface area (Å²) >= 11 is 5.93. The van der Waals surface area contributed by atoms with Gasteiger partial charge in [-0.25, -0.2) is 15.0 Å². The molecule has 0 amide bonds. The normalized spacial score (nSPS) is 18.7. The number of likely N-dealkylation sites (N-methyl/N-ethyl adjacent to an activating group) is 1. The third-order valence-corrected chi connectivity index (χ3v) is 4.56. The van der Waals surface area contributed by atoms with Crippen LogP contribution in [0.25, 0.3) is 22.4 Å². The number of nitrogens with zero attached hydrogens (tertiary/aromatic N) is 6. The van der Waals surface area contributed by atoms with Gasteiger partial charge in [0.15, 0.2) is 5.65 Å². The summed E-state index contributed by atoms with van der Waals surface area (Å²) in [6, 6.07) is 7.49. The summed E-state index contributed by atoms with van der Waals surface area (Å²) in [5.74, 6) is 0.599. The third-order valence-electron chi connectivity index (χ3n) is 4.31. The molecule has 1 aromatic carbocycles. The highest BCUT2D eigenvalue weighted by Gasteiger charge is 2.24. The van der Waals surface area contributed by atoms with E-state index in [4.69, 9.17) is 17.3 Å². The Balaban J connectivity index is 1.66. The number of halogens is 1. The molecule has 3 aromatic rings. The molecule has 1 fully saturated rings. The van der Waals surface area contributed by atoms with Crippen molar-refractivity contribution in [1.29, 1.82) is 0 Å². The number of anilines is 1. The molecule has 1 aliphatic heterocycles. The summed E-state index contributed by atoms with van der Waals surface area (Å²) in [4.78, 5) is 22.3. The highest BCUT2D eigenvalue weighted by molar-refractivity contribution is 6.30. The summed E-state index contributed by atoms with van der Waals surface area (Å²) in [5, 5.41) is 0.689. The van der Waals surface area contributed by atoms with Crippen LogP contribution >= 0.6 is 11.6 Å². The molecule has 0 aliphatic carbocycles. The van der Waals surface area contributed by atoms with Crippen LogP contribution in [0.15, 0.2) is 36.7 Å². The van der Waals surface area contributed by atoms with Crippen molar-refractivity contribution < 1.29 is 0 Å². The zero-order chi connectivity index (χ0) is 17.4. The van der Waals surface area contributed by atoms with Crippen LogP contribution in [0.1, 0.15) is 0 Å². The molecule has 128 valence electrons. The van der Waals surface area contributed by atoms with Gasteiger partial charge in [-0.05, 0) is 19.2 Å². The van der Waals surface area contributed by atoms with Crippen LogP contribution in [0, 0.1) is 0 Å². The van der Waals surface area contributed by atoms with E-state index in [1.807, 2.05) is 29.2 Å². The number of aromatic nitrogens is 4. The number of rotatable bonds is 2. The molecule has 0 bridgehead atoms. The average molecular weight is 356 g/mol. The molecule has 1 atom stereocenters. The van der Waals surface area contributed by atoms with Crippen LogP contribution in [0.4, 0.5) is 5.95 Å². The molecule has 4 rings (SSSR count). The van der Waals surface area contributed by atoms with E-state index < -0.39 is 0 Å². The van der Waals surface area contributed by atoms with Crippen LogP contribution < -0.4 is 10.6 Å². The molecule has 0 radical (unpaired) electrons. The summed E-state index contributed by atoms with van der Waals surface area (Å²) in [6.45, 7) is 2.50. The van der Waals surface area contributed by atoms with Gasteiger partial charge >= 0.3 is 0 Å². The molecule has 1 saturated heterocycles. The number of benzene rings is 1. The predicted octanol–water partition coefficient (Wildman–Crippen LogP) is 1.78. The van der Waals surface area contributed by atoms with E-state index in [0.717, 1.165) is 30.9 Å². The van der Waals surface area contributed by atoms with E-state index in [1.54, 1.807) is 12.4 Å². The number of piperazine rings is 1. The van der Waals surface area contributed by atoms with Gasteiger partial charge < -0.3 is 15.5 Å². The molecule has 25 heavy (non-hydrogen) atoms. The number of nitrogens with two attached hydrogens (primary N) is 1. The predicted molar refractivity (Wildman–Crippen MR) is 98.4 cm³/mol. The topological polar surface area (TPSA) is 84.1 Å². The van der Waals surface area contributed by atoms with Crippen molar-refractivity contribution in [2.75, 3.05) is 31.6 Å². The number of fused-ring (bicyclic) bond motifs is 1. The number of hydrogen-bond donors (Lipinski definition) is 1. The van der Waals surface area contributed by atoms with Gasteiger partial charge in [-0.2, -0.15) is 4.98 Å². The third kappa shape index (κ3) is 3.26. The minimum Gasteiger partial charge on any atom is -0.323 e. The van der Waals surface area contributed by atoms with E-state index in [-0.39, 0.29) is 6.17 Å². The van der Waals surface area contributed by atoms with Crippen LogP contribution in [0.3, 0.4) is 0 Å². The Morgan fingerprint density at radius 2 is 1.88 bits per heavy atom. The first-order valence-electron chi connectivity index (χ1n) is 8.07. The Morgan fingerprint density at radius 1 is 1.08 bits per heavy atom. The lowest BCUT2D eigenvalue weighted by Crippen LogP contribution is -2.56.